The molecule has 1 atom stereocenters. The van der Waals surface area contributed by atoms with E-state index in [0.29, 0.717) is 5.69 Å². The van der Waals surface area contributed by atoms with E-state index in [4.69, 9.17) is 5.73 Å². The van der Waals surface area contributed by atoms with E-state index in [1.165, 1.54) is 10.9 Å². The number of anilines is 2. The fourth-order valence-corrected chi connectivity index (χ4v) is 2.74. The normalized spacial score (nSPS) is 13.2. The molecule has 0 radical (unpaired) electrons. The average Bonchev–Trinajstić information content (AvgIpc) is 2.77. The highest BCUT2D eigenvalue weighted by atomic mass is 32.1. The zero-order chi connectivity index (χ0) is 14.9. The number of nitrogens with two attached hydrogens (primary N) is 1. The van der Waals surface area contributed by atoms with Gasteiger partial charge in [-0.15, -0.1) is 11.3 Å². The van der Waals surface area contributed by atoms with Crippen LogP contribution in [-0.4, -0.2) is 0 Å². The molecule has 2 rings (SSSR count). The summed E-state index contributed by atoms with van der Waals surface area (Å²) in [5, 5.41) is 3.14. The largest absolute Gasteiger partial charge is 0.416 e. The van der Waals surface area contributed by atoms with E-state index in [0.717, 1.165) is 17.0 Å². The van der Waals surface area contributed by atoms with Crippen LogP contribution in [0.1, 0.15) is 28.3 Å². The third-order valence-corrected chi connectivity index (χ3v) is 4.12. The molecule has 0 fully saturated rings. The van der Waals surface area contributed by atoms with Crippen LogP contribution in [0.25, 0.3) is 0 Å². The lowest BCUT2D eigenvalue weighted by Gasteiger charge is -2.17. The molecule has 3 N–H and O–H groups in total. The van der Waals surface area contributed by atoms with Crippen LogP contribution in [0.15, 0.2) is 30.3 Å². The summed E-state index contributed by atoms with van der Waals surface area (Å²) in [6, 6.07) is 7.36. The van der Waals surface area contributed by atoms with Crippen molar-refractivity contribution in [2.75, 3.05) is 11.1 Å². The first-order chi connectivity index (χ1) is 9.27. The second-order valence-corrected chi connectivity index (χ2v) is 5.93. The Hall–Kier alpha value is -1.69. The van der Waals surface area contributed by atoms with Crippen LogP contribution in [0.3, 0.4) is 0 Å². The maximum absolute atomic E-state index is 12.6. The molecule has 0 aliphatic rings. The number of hydrogen-bond acceptors (Lipinski definition) is 3. The fourth-order valence-electron chi connectivity index (χ4n) is 1.86. The van der Waals surface area contributed by atoms with Crippen LogP contribution in [0.5, 0.6) is 0 Å². The van der Waals surface area contributed by atoms with Crippen LogP contribution in [-0.2, 0) is 6.18 Å². The van der Waals surface area contributed by atoms with Crippen LogP contribution in [0.2, 0.25) is 0 Å². The molecule has 0 spiro atoms. The van der Waals surface area contributed by atoms with Gasteiger partial charge in [-0.25, -0.2) is 0 Å². The highest BCUT2D eigenvalue weighted by molar-refractivity contribution is 7.12. The zero-order valence-electron chi connectivity index (χ0n) is 11.1. The molecule has 0 amide bonds. The van der Waals surface area contributed by atoms with Gasteiger partial charge in [0.05, 0.1) is 23.0 Å². The van der Waals surface area contributed by atoms with Gasteiger partial charge in [-0.05, 0) is 44.2 Å². The minimum atomic E-state index is -4.37. The number of halogens is 3. The predicted octanol–water partition coefficient (Wildman–Crippen LogP) is 4.83. The van der Waals surface area contributed by atoms with Gasteiger partial charge in [0, 0.05) is 9.75 Å². The summed E-state index contributed by atoms with van der Waals surface area (Å²) in [5.41, 5.74) is 5.56. The lowest BCUT2D eigenvalue weighted by molar-refractivity contribution is -0.137. The van der Waals surface area contributed by atoms with E-state index < -0.39 is 11.7 Å². The molecule has 20 heavy (non-hydrogen) atoms. The Morgan fingerprint density at radius 1 is 1.20 bits per heavy atom. The highest BCUT2D eigenvalue weighted by Crippen LogP contribution is 2.34. The smallest absolute Gasteiger partial charge is 0.397 e. The Bertz CT molecular complexity index is 605. The molecule has 2 nitrogen and oxygen atoms in total. The van der Waals surface area contributed by atoms with Crippen molar-refractivity contribution in [2.45, 2.75) is 26.1 Å². The third kappa shape index (κ3) is 3.25. The molecule has 0 saturated heterocycles. The number of alkyl halides is 3. The van der Waals surface area contributed by atoms with Crippen LogP contribution < -0.4 is 11.1 Å². The Balaban J connectivity index is 2.18. The first kappa shape index (κ1) is 14.7. The number of hydrogen-bond donors (Lipinski definition) is 2. The topological polar surface area (TPSA) is 38.0 Å². The molecule has 1 aromatic carbocycles. The number of thiophene rings is 1. The Kier molecular flexibility index (Phi) is 3.94. The number of rotatable bonds is 3. The molecule has 1 heterocycles. The number of nitrogens with one attached hydrogen (secondary N) is 1. The molecular weight excluding hydrogens is 285 g/mol. The fraction of sp³-hybridized carbons (Fsp3) is 0.286. The van der Waals surface area contributed by atoms with E-state index in [9.17, 15) is 13.2 Å². The molecule has 108 valence electrons. The van der Waals surface area contributed by atoms with Crippen molar-refractivity contribution in [2.24, 2.45) is 0 Å². The van der Waals surface area contributed by atoms with Gasteiger partial charge in [-0.2, -0.15) is 13.2 Å². The minimum absolute atomic E-state index is 0.00673. The van der Waals surface area contributed by atoms with Crippen molar-refractivity contribution in [3.8, 4) is 0 Å². The third-order valence-electron chi connectivity index (χ3n) is 2.94. The van der Waals surface area contributed by atoms with Crippen LogP contribution in [0.4, 0.5) is 24.5 Å². The van der Waals surface area contributed by atoms with Crippen molar-refractivity contribution < 1.29 is 13.2 Å². The van der Waals surface area contributed by atoms with Crippen molar-refractivity contribution in [1.82, 2.24) is 0 Å². The van der Waals surface area contributed by atoms with E-state index in [1.807, 2.05) is 26.0 Å². The second kappa shape index (κ2) is 5.36. The first-order valence-corrected chi connectivity index (χ1v) is 6.88. The molecule has 2 aromatic rings. The lowest BCUT2D eigenvalue weighted by Crippen LogP contribution is -2.10. The summed E-state index contributed by atoms with van der Waals surface area (Å²) in [4.78, 5) is 2.30. The maximum atomic E-state index is 12.6. The maximum Gasteiger partial charge on any atom is 0.416 e. The molecule has 1 aromatic heterocycles. The summed E-state index contributed by atoms with van der Waals surface area (Å²) in [6.45, 7) is 3.95. The van der Waals surface area contributed by atoms with E-state index in [2.05, 4.69) is 5.32 Å². The summed E-state index contributed by atoms with van der Waals surface area (Å²) in [6.07, 6.45) is -4.37. The predicted molar refractivity (Wildman–Crippen MR) is 77.0 cm³/mol. The Morgan fingerprint density at radius 2 is 1.90 bits per heavy atom. The van der Waals surface area contributed by atoms with Gasteiger partial charge in [0.15, 0.2) is 0 Å². The molecule has 0 aliphatic heterocycles. The number of aryl methyl sites for hydroxylation is 1. The second-order valence-electron chi connectivity index (χ2n) is 4.61. The summed E-state index contributed by atoms with van der Waals surface area (Å²) < 4.78 is 37.7. The van der Waals surface area contributed by atoms with Crippen LogP contribution >= 0.6 is 11.3 Å². The SMILES string of the molecule is Cc1ccc(C(C)Nc2ccc(C(F)(F)F)cc2N)s1. The van der Waals surface area contributed by atoms with Gasteiger partial charge >= 0.3 is 6.18 Å². The monoisotopic (exact) mass is 300 g/mol. The van der Waals surface area contributed by atoms with Gasteiger partial charge in [0.25, 0.3) is 0 Å². The van der Waals surface area contributed by atoms with Gasteiger partial charge in [-0.3, -0.25) is 0 Å². The highest BCUT2D eigenvalue weighted by Gasteiger charge is 2.30. The Morgan fingerprint density at radius 3 is 2.40 bits per heavy atom. The summed E-state index contributed by atoms with van der Waals surface area (Å²) in [5.74, 6) is 0. The van der Waals surface area contributed by atoms with Crippen molar-refractivity contribution in [1.29, 1.82) is 0 Å². The number of benzene rings is 1. The van der Waals surface area contributed by atoms with Crippen molar-refractivity contribution in [3.63, 3.8) is 0 Å². The van der Waals surface area contributed by atoms with E-state index in [1.54, 1.807) is 11.3 Å². The summed E-state index contributed by atoms with van der Waals surface area (Å²) >= 11 is 1.65. The van der Waals surface area contributed by atoms with Crippen molar-refractivity contribution in [3.05, 3.63) is 45.6 Å². The minimum Gasteiger partial charge on any atom is -0.397 e. The van der Waals surface area contributed by atoms with Gasteiger partial charge < -0.3 is 11.1 Å². The molecule has 1 unspecified atom stereocenters. The molecule has 6 heteroatoms. The lowest BCUT2D eigenvalue weighted by atomic mass is 10.1. The standard InChI is InChI=1S/C14H15F3N2S/c1-8-3-6-13(20-8)9(2)19-12-5-4-10(7-11(12)18)14(15,16)17/h3-7,9,19H,18H2,1-2H3. The Labute approximate surface area is 119 Å². The molecule has 0 bridgehead atoms. The number of nitrogen functional groups attached to an aromatic ring is 1. The average molecular weight is 300 g/mol. The van der Waals surface area contributed by atoms with E-state index >= 15 is 0 Å². The van der Waals surface area contributed by atoms with Gasteiger partial charge in [0.2, 0.25) is 0 Å². The molecular formula is C14H15F3N2S. The quantitative estimate of drug-likeness (QED) is 0.797. The van der Waals surface area contributed by atoms with Gasteiger partial charge in [-0.1, -0.05) is 0 Å². The first-order valence-electron chi connectivity index (χ1n) is 6.07. The summed E-state index contributed by atoms with van der Waals surface area (Å²) in [7, 11) is 0. The van der Waals surface area contributed by atoms with Crippen LogP contribution in [0, 0.1) is 6.92 Å². The van der Waals surface area contributed by atoms with E-state index in [-0.39, 0.29) is 11.7 Å². The van der Waals surface area contributed by atoms with Gasteiger partial charge in [0.1, 0.15) is 0 Å². The molecule has 0 saturated carbocycles. The molecule has 0 aliphatic carbocycles. The zero-order valence-corrected chi connectivity index (χ0v) is 11.9. The van der Waals surface area contributed by atoms with Crippen molar-refractivity contribution >= 4 is 22.7 Å².